The third-order valence-corrected chi connectivity index (χ3v) is 9.71. The SMILES string of the molecule is CC(C)c1ccc(S(=O)(=O)N2CCN(C(C)c3nc(OC4CCCCC4)c4ccccc4n3)CC2)cc1. The lowest BCUT2D eigenvalue weighted by Gasteiger charge is -2.37. The quantitative estimate of drug-likeness (QED) is 0.406. The second kappa shape index (κ2) is 11.1. The summed E-state index contributed by atoms with van der Waals surface area (Å²) >= 11 is 0. The summed E-state index contributed by atoms with van der Waals surface area (Å²) in [7, 11) is -3.51. The van der Waals surface area contributed by atoms with Crippen LogP contribution < -0.4 is 4.74 Å². The number of para-hydroxylation sites is 1. The third-order valence-electron chi connectivity index (χ3n) is 7.80. The first-order valence-corrected chi connectivity index (χ1v) is 15.0. The molecular formula is C29H38N4O3S. The molecule has 3 aromatic rings. The maximum absolute atomic E-state index is 13.3. The Morgan fingerprint density at radius 1 is 0.865 bits per heavy atom. The van der Waals surface area contributed by atoms with Crippen LogP contribution in [0.2, 0.25) is 0 Å². The molecular weight excluding hydrogens is 484 g/mol. The highest BCUT2D eigenvalue weighted by Crippen LogP contribution is 2.31. The predicted octanol–water partition coefficient (Wildman–Crippen LogP) is 5.53. The third kappa shape index (κ3) is 5.66. The first-order chi connectivity index (χ1) is 17.8. The van der Waals surface area contributed by atoms with E-state index in [9.17, 15) is 8.42 Å². The van der Waals surface area contributed by atoms with E-state index < -0.39 is 10.0 Å². The molecule has 37 heavy (non-hydrogen) atoms. The van der Waals surface area contributed by atoms with Gasteiger partial charge in [0.1, 0.15) is 11.9 Å². The van der Waals surface area contributed by atoms with E-state index in [1.807, 2.05) is 36.4 Å². The highest BCUT2D eigenvalue weighted by molar-refractivity contribution is 7.89. The maximum atomic E-state index is 13.3. The molecule has 1 unspecified atom stereocenters. The summed E-state index contributed by atoms with van der Waals surface area (Å²) < 4.78 is 34.5. The van der Waals surface area contributed by atoms with Gasteiger partial charge in [0.2, 0.25) is 15.9 Å². The fraction of sp³-hybridized carbons (Fsp3) is 0.517. The van der Waals surface area contributed by atoms with Gasteiger partial charge < -0.3 is 4.74 Å². The molecule has 0 spiro atoms. The number of piperazine rings is 1. The van der Waals surface area contributed by atoms with Gasteiger partial charge in [-0.2, -0.15) is 9.29 Å². The van der Waals surface area contributed by atoms with Gasteiger partial charge in [0, 0.05) is 26.2 Å². The van der Waals surface area contributed by atoms with Crippen LogP contribution in [0.25, 0.3) is 10.9 Å². The molecule has 0 N–H and O–H groups in total. The number of benzene rings is 2. The van der Waals surface area contributed by atoms with Crippen LogP contribution in [-0.2, 0) is 10.0 Å². The Balaban J connectivity index is 1.30. The number of hydrogen-bond donors (Lipinski definition) is 0. The van der Waals surface area contributed by atoms with Gasteiger partial charge in [-0.3, -0.25) is 4.90 Å². The van der Waals surface area contributed by atoms with Gasteiger partial charge in [-0.05, 0) is 68.4 Å². The molecule has 5 rings (SSSR count). The minimum atomic E-state index is -3.51. The van der Waals surface area contributed by atoms with Crippen LogP contribution >= 0.6 is 0 Å². The van der Waals surface area contributed by atoms with Crippen molar-refractivity contribution < 1.29 is 13.2 Å². The Morgan fingerprint density at radius 3 is 2.22 bits per heavy atom. The normalized spacial score (nSPS) is 19.4. The van der Waals surface area contributed by atoms with Crippen LogP contribution in [0.15, 0.2) is 53.4 Å². The molecule has 1 aromatic heterocycles. The first kappa shape index (κ1) is 26.1. The van der Waals surface area contributed by atoms with Crippen LogP contribution in [-0.4, -0.2) is 59.9 Å². The van der Waals surface area contributed by atoms with Gasteiger partial charge in [-0.15, -0.1) is 0 Å². The zero-order valence-corrected chi connectivity index (χ0v) is 23.0. The smallest absolute Gasteiger partial charge is 0.243 e. The number of rotatable bonds is 7. The van der Waals surface area contributed by atoms with Crippen molar-refractivity contribution >= 4 is 20.9 Å². The van der Waals surface area contributed by atoms with E-state index in [-0.39, 0.29) is 12.1 Å². The molecule has 1 atom stereocenters. The first-order valence-electron chi connectivity index (χ1n) is 13.6. The van der Waals surface area contributed by atoms with E-state index in [0.29, 0.717) is 42.9 Å². The van der Waals surface area contributed by atoms with Crippen molar-refractivity contribution in [1.29, 1.82) is 0 Å². The van der Waals surface area contributed by atoms with Gasteiger partial charge in [-0.25, -0.2) is 13.4 Å². The molecule has 198 valence electrons. The van der Waals surface area contributed by atoms with Crippen molar-refractivity contribution in [1.82, 2.24) is 19.2 Å². The molecule has 1 saturated heterocycles. The van der Waals surface area contributed by atoms with Crippen LogP contribution in [0, 0.1) is 0 Å². The zero-order chi connectivity index (χ0) is 26.0. The van der Waals surface area contributed by atoms with Gasteiger partial charge in [0.15, 0.2) is 0 Å². The van der Waals surface area contributed by atoms with Crippen molar-refractivity contribution in [2.45, 2.75) is 75.8 Å². The lowest BCUT2D eigenvalue weighted by molar-refractivity contribution is 0.135. The van der Waals surface area contributed by atoms with Crippen molar-refractivity contribution in [2.24, 2.45) is 0 Å². The van der Waals surface area contributed by atoms with Gasteiger partial charge in [-0.1, -0.05) is 44.5 Å². The molecule has 1 aliphatic heterocycles. The largest absolute Gasteiger partial charge is 0.474 e. The van der Waals surface area contributed by atoms with E-state index in [1.54, 1.807) is 16.4 Å². The summed E-state index contributed by atoms with van der Waals surface area (Å²) in [6.07, 6.45) is 6.02. The molecule has 2 heterocycles. The Labute approximate surface area is 220 Å². The molecule has 1 aliphatic carbocycles. The number of hydrogen-bond acceptors (Lipinski definition) is 6. The lowest BCUT2D eigenvalue weighted by atomic mass is 9.98. The Kier molecular flexibility index (Phi) is 7.79. The highest BCUT2D eigenvalue weighted by atomic mass is 32.2. The van der Waals surface area contributed by atoms with E-state index in [0.717, 1.165) is 35.1 Å². The standard InChI is InChI=1S/C29H38N4O3S/c1-21(2)23-13-15-25(16-14-23)37(34,35)33-19-17-32(18-20-33)22(3)28-30-27-12-8-7-11-26(27)29(31-28)36-24-9-5-4-6-10-24/h7-8,11-16,21-22,24H,4-6,9-10,17-20H2,1-3H3. The van der Waals surface area contributed by atoms with E-state index in [1.165, 1.54) is 19.3 Å². The summed E-state index contributed by atoms with van der Waals surface area (Å²) in [5.74, 6) is 1.77. The Hall–Kier alpha value is -2.55. The molecule has 0 radical (unpaired) electrons. The zero-order valence-electron chi connectivity index (χ0n) is 22.1. The average Bonchev–Trinajstić information content (AvgIpc) is 2.93. The number of fused-ring (bicyclic) bond motifs is 1. The van der Waals surface area contributed by atoms with E-state index in [2.05, 4.69) is 25.7 Å². The summed E-state index contributed by atoms with van der Waals surface area (Å²) in [4.78, 5) is 12.4. The lowest BCUT2D eigenvalue weighted by Crippen LogP contribution is -2.49. The number of ether oxygens (including phenoxy) is 1. The molecule has 0 bridgehead atoms. The molecule has 7 nitrogen and oxygen atoms in total. The van der Waals surface area contributed by atoms with Crippen molar-refractivity contribution in [3.63, 3.8) is 0 Å². The Morgan fingerprint density at radius 2 is 1.54 bits per heavy atom. The summed E-state index contributed by atoms with van der Waals surface area (Å²) in [6.45, 7) is 8.44. The molecule has 2 aliphatic rings. The Bertz CT molecular complexity index is 1310. The summed E-state index contributed by atoms with van der Waals surface area (Å²) in [6, 6.07) is 15.3. The van der Waals surface area contributed by atoms with E-state index in [4.69, 9.17) is 14.7 Å². The maximum Gasteiger partial charge on any atom is 0.243 e. The van der Waals surface area contributed by atoms with E-state index >= 15 is 0 Å². The number of nitrogens with zero attached hydrogens (tertiary/aromatic N) is 4. The minimum Gasteiger partial charge on any atom is -0.474 e. The van der Waals surface area contributed by atoms with Crippen LogP contribution in [0.3, 0.4) is 0 Å². The molecule has 2 aromatic carbocycles. The highest BCUT2D eigenvalue weighted by Gasteiger charge is 2.31. The number of sulfonamides is 1. The van der Waals surface area contributed by atoms with Gasteiger partial charge in [0.25, 0.3) is 0 Å². The average molecular weight is 523 g/mol. The molecule has 1 saturated carbocycles. The summed E-state index contributed by atoms with van der Waals surface area (Å²) in [5.41, 5.74) is 2.02. The monoisotopic (exact) mass is 522 g/mol. The van der Waals surface area contributed by atoms with Gasteiger partial charge >= 0.3 is 0 Å². The van der Waals surface area contributed by atoms with Crippen LogP contribution in [0.1, 0.15) is 76.2 Å². The van der Waals surface area contributed by atoms with Crippen molar-refractivity contribution in [3.05, 3.63) is 59.9 Å². The van der Waals surface area contributed by atoms with Crippen molar-refractivity contribution in [2.75, 3.05) is 26.2 Å². The second-order valence-corrected chi connectivity index (χ2v) is 12.6. The fourth-order valence-electron chi connectivity index (χ4n) is 5.35. The molecule has 2 fully saturated rings. The topological polar surface area (TPSA) is 75.6 Å². The second-order valence-electron chi connectivity index (χ2n) is 10.6. The fourth-order valence-corrected chi connectivity index (χ4v) is 6.77. The van der Waals surface area contributed by atoms with Crippen LogP contribution in [0.5, 0.6) is 5.88 Å². The number of aromatic nitrogens is 2. The summed E-state index contributed by atoms with van der Waals surface area (Å²) in [5, 5.41) is 0.948. The van der Waals surface area contributed by atoms with Crippen LogP contribution in [0.4, 0.5) is 0 Å². The molecule has 0 amide bonds. The molecule has 8 heteroatoms. The minimum absolute atomic E-state index is 0.0477. The predicted molar refractivity (Wildman–Crippen MR) is 146 cm³/mol. The van der Waals surface area contributed by atoms with Gasteiger partial charge in [0.05, 0.1) is 21.8 Å². The van der Waals surface area contributed by atoms with Crippen molar-refractivity contribution in [3.8, 4) is 5.88 Å².